The Morgan fingerprint density at radius 2 is 2.00 bits per heavy atom. The zero-order chi connectivity index (χ0) is 14.4. The molecule has 1 heterocycles. The minimum absolute atomic E-state index is 0.527. The van der Waals surface area contributed by atoms with Crippen LogP contribution in [0.4, 0.5) is 0 Å². The molecule has 0 aromatic heterocycles. The third-order valence-electron chi connectivity index (χ3n) is 3.63. The average molecular weight is 278 g/mol. The number of carboxylic acids is 1. The highest BCUT2D eigenvalue weighted by Crippen LogP contribution is 2.23. The van der Waals surface area contributed by atoms with Crippen LogP contribution in [0.15, 0.2) is 24.3 Å². The zero-order valence-electron chi connectivity index (χ0n) is 11.6. The first kappa shape index (κ1) is 14.8. The van der Waals surface area contributed by atoms with E-state index in [0.717, 1.165) is 19.6 Å². The molecule has 0 amide bonds. The monoisotopic (exact) mass is 278 g/mol. The zero-order valence-corrected chi connectivity index (χ0v) is 11.6. The van der Waals surface area contributed by atoms with E-state index in [4.69, 9.17) is 15.6 Å². The molecular weight excluding hydrogens is 256 g/mol. The summed E-state index contributed by atoms with van der Waals surface area (Å²) in [6.07, 6.45) is 3.81. The molecule has 0 unspecified atom stereocenters. The number of para-hydroxylation sites is 1. The van der Waals surface area contributed by atoms with Crippen LogP contribution in [0, 0.1) is 0 Å². The number of piperidine rings is 1. The van der Waals surface area contributed by atoms with Crippen molar-refractivity contribution in [2.75, 3.05) is 26.2 Å². The summed E-state index contributed by atoms with van der Waals surface area (Å²) in [5.74, 6) is -0.475. The van der Waals surface area contributed by atoms with Crippen molar-refractivity contribution in [3.8, 4) is 5.75 Å². The molecule has 1 fully saturated rings. The van der Waals surface area contributed by atoms with Crippen LogP contribution in [0.1, 0.15) is 30.9 Å². The molecule has 1 saturated heterocycles. The standard InChI is InChI=1S/C15H22N2O3/c16-14(15(18)19)12-6-2-3-7-13(12)20-11-10-17-8-4-1-5-9-17/h2-3,6-7,14H,1,4-5,8-11,16H2,(H,18,19)/t14-/m0/s1. The summed E-state index contributed by atoms with van der Waals surface area (Å²) in [5, 5.41) is 9.00. The smallest absolute Gasteiger partial charge is 0.325 e. The largest absolute Gasteiger partial charge is 0.492 e. The Kier molecular flexibility index (Phi) is 5.38. The van der Waals surface area contributed by atoms with E-state index in [0.29, 0.717) is 17.9 Å². The van der Waals surface area contributed by atoms with Gasteiger partial charge in [0.1, 0.15) is 18.4 Å². The summed E-state index contributed by atoms with van der Waals surface area (Å²) < 4.78 is 5.73. The summed E-state index contributed by atoms with van der Waals surface area (Å²) in [5.41, 5.74) is 6.19. The van der Waals surface area contributed by atoms with E-state index in [1.165, 1.54) is 19.3 Å². The summed E-state index contributed by atoms with van der Waals surface area (Å²) in [7, 11) is 0. The van der Waals surface area contributed by atoms with E-state index in [1.807, 2.05) is 6.07 Å². The number of aliphatic carboxylic acids is 1. The summed E-state index contributed by atoms with van der Waals surface area (Å²) in [6, 6.07) is 6.04. The van der Waals surface area contributed by atoms with E-state index >= 15 is 0 Å². The van der Waals surface area contributed by atoms with Gasteiger partial charge in [0.05, 0.1) is 0 Å². The topological polar surface area (TPSA) is 75.8 Å². The van der Waals surface area contributed by atoms with E-state index in [2.05, 4.69) is 4.90 Å². The first-order chi connectivity index (χ1) is 9.68. The Morgan fingerprint density at radius 1 is 1.30 bits per heavy atom. The number of hydrogen-bond donors (Lipinski definition) is 2. The molecule has 0 radical (unpaired) electrons. The van der Waals surface area contributed by atoms with Crippen molar-refractivity contribution >= 4 is 5.97 Å². The van der Waals surface area contributed by atoms with Crippen LogP contribution in [0.25, 0.3) is 0 Å². The first-order valence-corrected chi connectivity index (χ1v) is 7.11. The highest BCUT2D eigenvalue weighted by atomic mass is 16.5. The van der Waals surface area contributed by atoms with Gasteiger partial charge in [-0.25, -0.2) is 0 Å². The number of carbonyl (C=O) groups is 1. The molecule has 5 heteroatoms. The minimum atomic E-state index is -1.04. The molecule has 2 rings (SSSR count). The molecule has 1 aliphatic heterocycles. The maximum atomic E-state index is 11.0. The van der Waals surface area contributed by atoms with Crippen molar-refractivity contribution in [3.05, 3.63) is 29.8 Å². The SMILES string of the molecule is N[C@H](C(=O)O)c1ccccc1OCCN1CCCCC1. The third-order valence-corrected chi connectivity index (χ3v) is 3.63. The average Bonchev–Trinajstić information content (AvgIpc) is 2.48. The number of ether oxygens (including phenoxy) is 1. The second-order valence-corrected chi connectivity index (χ2v) is 5.10. The fourth-order valence-corrected chi connectivity index (χ4v) is 2.47. The number of rotatable bonds is 6. The van der Waals surface area contributed by atoms with Crippen LogP contribution < -0.4 is 10.5 Å². The second-order valence-electron chi connectivity index (χ2n) is 5.10. The highest BCUT2D eigenvalue weighted by Gasteiger charge is 2.18. The maximum absolute atomic E-state index is 11.0. The summed E-state index contributed by atoms with van der Waals surface area (Å²) in [4.78, 5) is 13.4. The van der Waals surface area contributed by atoms with Crippen molar-refractivity contribution in [2.45, 2.75) is 25.3 Å². The van der Waals surface area contributed by atoms with Gasteiger partial charge in [-0.05, 0) is 32.0 Å². The predicted molar refractivity (Wildman–Crippen MR) is 76.8 cm³/mol. The van der Waals surface area contributed by atoms with Gasteiger partial charge in [-0.1, -0.05) is 24.6 Å². The lowest BCUT2D eigenvalue weighted by molar-refractivity contribution is -0.138. The van der Waals surface area contributed by atoms with Gasteiger partial charge in [-0.2, -0.15) is 0 Å². The van der Waals surface area contributed by atoms with Crippen molar-refractivity contribution in [2.24, 2.45) is 5.73 Å². The van der Waals surface area contributed by atoms with Crippen molar-refractivity contribution < 1.29 is 14.6 Å². The Hall–Kier alpha value is -1.59. The molecule has 5 nitrogen and oxygen atoms in total. The number of nitrogens with two attached hydrogens (primary N) is 1. The van der Waals surface area contributed by atoms with E-state index in [-0.39, 0.29) is 0 Å². The second kappa shape index (κ2) is 7.26. The van der Waals surface area contributed by atoms with Crippen LogP contribution in [0.5, 0.6) is 5.75 Å². The molecule has 0 bridgehead atoms. The van der Waals surface area contributed by atoms with E-state index in [1.54, 1.807) is 18.2 Å². The lowest BCUT2D eigenvalue weighted by atomic mass is 10.1. The van der Waals surface area contributed by atoms with Gasteiger partial charge in [0, 0.05) is 12.1 Å². The van der Waals surface area contributed by atoms with Crippen LogP contribution in [0.3, 0.4) is 0 Å². The van der Waals surface area contributed by atoms with Crippen molar-refractivity contribution in [3.63, 3.8) is 0 Å². The van der Waals surface area contributed by atoms with Gasteiger partial charge in [-0.3, -0.25) is 9.69 Å². The molecule has 1 aromatic carbocycles. The van der Waals surface area contributed by atoms with Crippen LogP contribution in [-0.2, 0) is 4.79 Å². The summed E-state index contributed by atoms with van der Waals surface area (Å²) >= 11 is 0. The van der Waals surface area contributed by atoms with Gasteiger partial charge >= 0.3 is 5.97 Å². The number of benzene rings is 1. The molecule has 1 atom stereocenters. The van der Waals surface area contributed by atoms with E-state index in [9.17, 15) is 4.79 Å². The number of carboxylic acid groups (broad SMARTS) is 1. The fourth-order valence-electron chi connectivity index (χ4n) is 2.47. The minimum Gasteiger partial charge on any atom is -0.492 e. The lowest BCUT2D eigenvalue weighted by Crippen LogP contribution is -2.33. The predicted octanol–water partition coefficient (Wildman–Crippen LogP) is 1.64. The molecule has 0 saturated carbocycles. The Morgan fingerprint density at radius 3 is 2.70 bits per heavy atom. The molecule has 110 valence electrons. The van der Waals surface area contributed by atoms with Crippen molar-refractivity contribution in [1.29, 1.82) is 0 Å². The third kappa shape index (κ3) is 3.95. The van der Waals surface area contributed by atoms with Gasteiger partial charge in [0.15, 0.2) is 0 Å². The molecular formula is C15H22N2O3. The summed E-state index contributed by atoms with van der Waals surface area (Å²) in [6.45, 7) is 3.68. The van der Waals surface area contributed by atoms with Gasteiger partial charge < -0.3 is 15.6 Å². The molecule has 0 spiro atoms. The van der Waals surface area contributed by atoms with Gasteiger partial charge in [-0.15, -0.1) is 0 Å². The number of nitrogens with zero attached hydrogens (tertiary/aromatic N) is 1. The van der Waals surface area contributed by atoms with Crippen LogP contribution in [0.2, 0.25) is 0 Å². The Balaban J connectivity index is 1.90. The van der Waals surface area contributed by atoms with Gasteiger partial charge in [0.2, 0.25) is 0 Å². The normalized spacial score (nSPS) is 17.6. The molecule has 20 heavy (non-hydrogen) atoms. The molecule has 3 N–H and O–H groups in total. The highest BCUT2D eigenvalue weighted by molar-refractivity contribution is 5.76. The Labute approximate surface area is 119 Å². The van der Waals surface area contributed by atoms with Crippen LogP contribution >= 0.6 is 0 Å². The molecule has 0 aliphatic carbocycles. The maximum Gasteiger partial charge on any atom is 0.325 e. The van der Waals surface area contributed by atoms with Crippen LogP contribution in [-0.4, -0.2) is 42.2 Å². The Bertz CT molecular complexity index is 444. The fraction of sp³-hybridized carbons (Fsp3) is 0.533. The van der Waals surface area contributed by atoms with Crippen molar-refractivity contribution in [1.82, 2.24) is 4.90 Å². The lowest BCUT2D eigenvalue weighted by Gasteiger charge is -2.26. The van der Waals surface area contributed by atoms with E-state index < -0.39 is 12.0 Å². The molecule has 1 aliphatic rings. The quantitative estimate of drug-likeness (QED) is 0.827. The number of likely N-dealkylation sites (tertiary alicyclic amines) is 1. The molecule has 1 aromatic rings. The number of hydrogen-bond acceptors (Lipinski definition) is 4. The van der Waals surface area contributed by atoms with Gasteiger partial charge in [0.25, 0.3) is 0 Å². The first-order valence-electron chi connectivity index (χ1n) is 7.11.